The highest BCUT2D eigenvalue weighted by Crippen LogP contribution is 2.27. The molecule has 1 saturated heterocycles. The van der Waals surface area contributed by atoms with Crippen molar-refractivity contribution in [3.63, 3.8) is 0 Å². The molecule has 0 amide bonds. The summed E-state index contributed by atoms with van der Waals surface area (Å²) in [5, 5.41) is 0.167. The molecule has 10 heteroatoms. The quantitative estimate of drug-likeness (QED) is 0.503. The molecule has 0 radical (unpaired) electrons. The fourth-order valence-corrected chi connectivity index (χ4v) is 3.11. The number of fused-ring (bicyclic) bond motifs is 1. The molecule has 0 aliphatic carbocycles. The lowest BCUT2D eigenvalue weighted by Gasteiger charge is -2.28. The molecule has 136 valence electrons. The van der Waals surface area contributed by atoms with Gasteiger partial charge in [-0.2, -0.15) is 4.98 Å². The van der Waals surface area contributed by atoms with Crippen molar-refractivity contribution in [2.24, 2.45) is 0 Å². The summed E-state index contributed by atoms with van der Waals surface area (Å²) < 4.78 is 47.9. The predicted molar refractivity (Wildman–Crippen MR) is 89.3 cm³/mol. The molecular formula is C16H13ClF3N5O. The Morgan fingerprint density at radius 1 is 1.04 bits per heavy atom. The summed E-state index contributed by atoms with van der Waals surface area (Å²) in [6.07, 6.45) is 0. The van der Waals surface area contributed by atoms with Crippen molar-refractivity contribution >= 4 is 28.5 Å². The van der Waals surface area contributed by atoms with Gasteiger partial charge in [-0.3, -0.25) is 4.57 Å². The Labute approximate surface area is 151 Å². The number of aryl methyl sites for hydroxylation is 1. The number of halogens is 4. The van der Waals surface area contributed by atoms with E-state index in [1.165, 1.54) is 4.57 Å². The Morgan fingerprint density at radius 3 is 2.50 bits per heavy atom. The number of morpholine rings is 1. The van der Waals surface area contributed by atoms with Gasteiger partial charge in [0.2, 0.25) is 5.95 Å². The van der Waals surface area contributed by atoms with Crippen LogP contribution in [0.1, 0.15) is 5.82 Å². The molecule has 0 N–H and O–H groups in total. The Bertz CT molecular complexity index is 1000. The van der Waals surface area contributed by atoms with Gasteiger partial charge in [0.15, 0.2) is 17.5 Å². The second kappa shape index (κ2) is 6.40. The number of nitrogens with zero attached hydrogens (tertiary/aromatic N) is 5. The summed E-state index contributed by atoms with van der Waals surface area (Å²) in [6.45, 7) is 3.93. The molecule has 0 bridgehead atoms. The van der Waals surface area contributed by atoms with Gasteiger partial charge in [0, 0.05) is 25.2 Å². The van der Waals surface area contributed by atoms with Crippen LogP contribution in [0, 0.1) is 24.4 Å². The Hall–Kier alpha value is -2.39. The number of aromatic nitrogens is 4. The standard InChI is InChI=1S/C16H13ClF3N5O/c1-8-21-15-10(6-9(18)13(19)14(15)20)25(8)16-22-11(17)7-12(23-16)24-2-4-26-5-3-24/h6-7H,2-5H2,1H3. The zero-order valence-electron chi connectivity index (χ0n) is 13.6. The second-order valence-corrected chi connectivity index (χ2v) is 6.18. The SMILES string of the molecule is Cc1nc2c(F)c(F)c(F)cc2n1-c1nc(Cl)cc(N2CCOCC2)n1. The summed E-state index contributed by atoms with van der Waals surface area (Å²) in [4.78, 5) is 14.6. The minimum Gasteiger partial charge on any atom is -0.378 e. The lowest BCUT2D eigenvalue weighted by Crippen LogP contribution is -2.37. The fraction of sp³-hybridized carbons (Fsp3) is 0.312. The number of hydrogen-bond acceptors (Lipinski definition) is 5. The van der Waals surface area contributed by atoms with E-state index in [0.29, 0.717) is 32.1 Å². The molecule has 1 aliphatic rings. The van der Waals surface area contributed by atoms with E-state index in [2.05, 4.69) is 15.0 Å². The van der Waals surface area contributed by atoms with Gasteiger partial charge >= 0.3 is 0 Å². The lowest BCUT2D eigenvalue weighted by molar-refractivity contribution is 0.122. The molecule has 1 fully saturated rings. The van der Waals surface area contributed by atoms with Crippen LogP contribution in [0.3, 0.4) is 0 Å². The van der Waals surface area contributed by atoms with Crippen LogP contribution >= 0.6 is 11.6 Å². The van der Waals surface area contributed by atoms with E-state index < -0.39 is 17.5 Å². The second-order valence-electron chi connectivity index (χ2n) is 5.80. The number of rotatable bonds is 2. The number of hydrogen-bond donors (Lipinski definition) is 0. The van der Waals surface area contributed by atoms with Gasteiger partial charge in [-0.1, -0.05) is 11.6 Å². The van der Waals surface area contributed by atoms with Gasteiger partial charge in [0.25, 0.3) is 0 Å². The highest BCUT2D eigenvalue weighted by molar-refractivity contribution is 6.29. The first-order chi connectivity index (χ1) is 12.5. The molecule has 3 aromatic rings. The third kappa shape index (κ3) is 2.77. The molecule has 0 unspecified atom stereocenters. The molecular weight excluding hydrogens is 371 g/mol. The molecule has 4 rings (SSSR count). The predicted octanol–water partition coefficient (Wildman–Crippen LogP) is 3.03. The minimum absolute atomic E-state index is 0.0223. The van der Waals surface area contributed by atoms with Crippen LogP contribution in [0.2, 0.25) is 5.15 Å². The maximum atomic E-state index is 14.0. The van der Waals surface area contributed by atoms with Crippen molar-refractivity contribution in [1.82, 2.24) is 19.5 Å². The van der Waals surface area contributed by atoms with Gasteiger partial charge in [0.1, 0.15) is 22.3 Å². The highest BCUT2D eigenvalue weighted by atomic mass is 35.5. The Kier molecular flexibility index (Phi) is 4.20. The zero-order chi connectivity index (χ0) is 18.4. The van der Waals surface area contributed by atoms with E-state index in [1.807, 2.05) is 4.90 Å². The summed E-state index contributed by atoms with van der Waals surface area (Å²) in [5.74, 6) is -3.29. The average Bonchev–Trinajstić information content (AvgIpc) is 2.96. The average molecular weight is 384 g/mol. The smallest absolute Gasteiger partial charge is 0.239 e. The van der Waals surface area contributed by atoms with Crippen molar-refractivity contribution in [3.05, 3.63) is 40.6 Å². The van der Waals surface area contributed by atoms with Gasteiger partial charge < -0.3 is 9.64 Å². The monoisotopic (exact) mass is 383 g/mol. The van der Waals surface area contributed by atoms with E-state index in [-0.39, 0.29) is 28.0 Å². The first-order valence-corrected chi connectivity index (χ1v) is 8.23. The van der Waals surface area contributed by atoms with Gasteiger partial charge in [0.05, 0.1) is 18.7 Å². The van der Waals surface area contributed by atoms with Crippen molar-refractivity contribution < 1.29 is 17.9 Å². The molecule has 2 aromatic heterocycles. The summed E-state index contributed by atoms with van der Waals surface area (Å²) in [5.41, 5.74) is -0.271. The van der Waals surface area contributed by atoms with Crippen molar-refractivity contribution in [2.75, 3.05) is 31.2 Å². The van der Waals surface area contributed by atoms with Crippen LogP contribution in [0.25, 0.3) is 17.0 Å². The molecule has 0 atom stereocenters. The van der Waals surface area contributed by atoms with Gasteiger partial charge in [-0.05, 0) is 6.92 Å². The number of ether oxygens (including phenoxy) is 1. The van der Waals surface area contributed by atoms with E-state index in [9.17, 15) is 13.2 Å². The maximum absolute atomic E-state index is 14.0. The van der Waals surface area contributed by atoms with Crippen LogP contribution in [0.15, 0.2) is 12.1 Å². The third-order valence-electron chi connectivity index (χ3n) is 4.16. The summed E-state index contributed by atoms with van der Waals surface area (Å²) >= 11 is 6.13. The van der Waals surface area contributed by atoms with Crippen LogP contribution in [-0.4, -0.2) is 45.8 Å². The number of imidazole rings is 1. The molecule has 26 heavy (non-hydrogen) atoms. The van der Waals surface area contributed by atoms with E-state index in [0.717, 1.165) is 6.07 Å². The molecule has 1 aromatic carbocycles. The Morgan fingerprint density at radius 2 is 1.77 bits per heavy atom. The van der Waals surface area contributed by atoms with Crippen LogP contribution in [0.4, 0.5) is 19.0 Å². The summed E-state index contributed by atoms with van der Waals surface area (Å²) in [6, 6.07) is 2.47. The number of anilines is 1. The largest absolute Gasteiger partial charge is 0.378 e. The maximum Gasteiger partial charge on any atom is 0.239 e. The molecule has 1 aliphatic heterocycles. The van der Waals surface area contributed by atoms with E-state index in [1.54, 1.807) is 13.0 Å². The molecule has 0 spiro atoms. The molecule has 3 heterocycles. The summed E-state index contributed by atoms with van der Waals surface area (Å²) in [7, 11) is 0. The minimum atomic E-state index is -1.57. The molecule has 0 saturated carbocycles. The van der Waals surface area contributed by atoms with E-state index in [4.69, 9.17) is 16.3 Å². The van der Waals surface area contributed by atoms with Gasteiger partial charge in [-0.25, -0.2) is 23.1 Å². The van der Waals surface area contributed by atoms with Crippen LogP contribution < -0.4 is 4.90 Å². The fourth-order valence-electron chi connectivity index (χ4n) is 2.94. The molecule has 6 nitrogen and oxygen atoms in total. The zero-order valence-corrected chi connectivity index (χ0v) is 14.4. The van der Waals surface area contributed by atoms with Crippen LogP contribution in [-0.2, 0) is 4.74 Å². The topological polar surface area (TPSA) is 56.1 Å². The van der Waals surface area contributed by atoms with Crippen LogP contribution in [0.5, 0.6) is 0 Å². The first kappa shape index (κ1) is 17.0. The van der Waals surface area contributed by atoms with Crippen molar-refractivity contribution in [1.29, 1.82) is 0 Å². The highest BCUT2D eigenvalue weighted by Gasteiger charge is 2.22. The van der Waals surface area contributed by atoms with Crippen molar-refractivity contribution in [2.45, 2.75) is 6.92 Å². The Balaban J connectivity index is 1.90. The van der Waals surface area contributed by atoms with E-state index >= 15 is 0 Å². The first-order valence-electron chi connectivity index (χ1n) is 7.86. The third-order valence-corrected chi connectivity index (χ3v) is 4.35. The number of benzene rings is 1. The normalized spacial score (nSPS) is 15.0. The lowest BCUT2D eigenvalue weighted by atomic mass is 10.3. The van der Waals surface area contributed by atoms with Crippen molar-refractivity contribution in [3.8, 4) is 5.95 Å². The van der Waals surface area contributed by atoms with Gasteiger partial charge in [-0.15, -0.1) is 0 Å².